The van der Waals surface area contributed by atoms with Gasteiger partial charge >= 0.3 is 0 Å². The zero-order valence-electron chi connectivity index (χ0n) is 13.3. The number of nitrogens with two attached hydrogens (primary N) is 1. The molecule has 0 unspecified atom stereocenters. The summed E-state index contributed by atoms with van der Waals surface area (Å²) in [6.07, 6.45) is 0.843. The van der Waals surface area contributed by atoms with Crippen LogP contribution in [-0.2, 0) is 4.79 Å². The summed E-state index contributed by atoms with van der Waals surface area (Å²) in [4.78, 5) is 11.9. The Kier molecular flexibility index (Phi) is 5.34. The number of nitrogens with one attached hydrogen (secondary N) is 1. The van der Waals surface area contributed by atoms with E-state index in [1.165, 1.54) is 11.1 Å². The first kappa shape index (κ1) is 16.2. The highest BCUT2D eigenvalue weighted by Crippen LogP contribution is 2.27. The fourth-order valence-electron chi connectivity index (χ4n) is 2.45. The maximum Gasteiger partial charge on any atom is 0.239 e. The Labute approximate surface area is 132 Å². The molecule has 3 nitrogen and oxygen atoms in total. The maximum absolute atomic E-state index is 11.9. The van der Waals surface area contributed by atoms with Crippen LogP contribution in [0.15, 0.2) is 60.7 Å². The van der Waals surface area contributed by atoms with Crippen molar-refractivity contribution < 1.29 is 4.79 Å². The summed E-state index contributed by atoms with van der Waals surface area (Å²) in [5.74, 6) is 0.149. The molecule has 3 heteroatoms. The number of benzene rings is 2. The summed E-state index contributed by atoms with van der Waals surface area (Å²) in [6.45, 7) is 4.04. The summed E-state index contributed by atoms with van der Waals surface area (Å²) in [7, 11) is 0. The molecule has 0 radical (unpaired) electrons. The molecule has 2 aromatic rings. The summed E-state index contributed by atoms with van der Waals surface area (Å²) >= 11 is 0. The SMILES string of the molecule is CC(C)(N)C(=O)NCCC(c1ccccc1)c1ccccc1. The highest BCUT2D eigenvalue weighted by atomic mass is 16.2. The van der Waals surface area contributed by atoms with Crippen molar-refractivity contribution >= 4 is 5.91 Å². The molecule has 2 rings (SSSR count). The van der Waals surface area contributed by atoms with E-state index in [1.54, 1.807) is 13.8 Å². The van der Waals surface area contributed by atoms with Crippen LogP contribution < -0.4 is 11.1 Å². The lowest BCUT2D eigenvalue weighted by Crippen LogP contribution is -2.49. The monoisotopic (exact) mass is 296 g/mol. The minimum absolute atomic E-state index is 0.118. The molecule has 0 aliphatic rings. The number of carbonyl (C=O) groups is 1. The Balaban J connectivity index is 2.09. The van der Waals surface area contributed by atoms with Crippen molar-refractivity contribution in [3.8, 4) is 0 Å². The molecular formula is C19H24N2O. The third-order valence-electron chi connectivity index (χ3n) is 3.71. The van der Waals surface area contributed by atoms with Gasteiger partial charge in [0.1, 0.15) is 0 Å². The first-order valence-corrected chi connectivity index (χ1v) is 7.65. The van der Waals surface area contributed by atoms with Crippen LogP contribution in [0.5, 0.6) is 0 Å². The van der Waals surface area contributed by atoms with Gasteiger partial charge in [0.15, 0.2) is 0 Å². The molecule has 3 N–H and O–H groups in total. The van der Waals surface area contributed by atoms with Crippen molar-refractivity contribution in [2.24, 2.45) is 5.73 Å². The molecule has 0 spiro atoms. The number of amides is 1. The summed E-state index contributed by atoms with van der Waals surface area (Å²) < 4.78 is 0. The van der Waals surface area contributed by atoms with E-state index in [1.807, 2.05) is 36.4 Å². The average molecular weight is 296 g/mol. The number of hydrogen-bond acceptors (Lipinski definition) is 2. The first-order valence-electron chi connectivity index (χ1n) is 7.65. The quantitative estimate of drug-likeness (QED) is 0.861. The second-order valence-electron chi connectivity index (χ2n) is 6.14. The lowest BCUT2D eigenvalue weighted by Gasteiger charge is -2.21. The van der Waals surface area contributed by atoms with E-state index in [4.69, 9.17) is 5.73 Å². The van der Waals surface area contributed by atoms with Gasteiger partial charge in [0.2, 0.25) is 5.91 Å². The predicted octanol–water partition coefficient (Wildman–Crippen LogP) is 3.06. The van der Waals surface area contributed by atoms with Crippen LogP contribution in [0, 0.1) is 0 Å². The lowest BCUT2D eigenvalue weighted by molar-refractivity contribution is -0.125. The molecule has 116 valence electrons. The zero-order chi connectivity index (χ0) is 16.0. The molecule has 0 saturated carbocycles. The normalized spacial score (nSPS) is 11.5. The molecule has 0 aliphatic carbocycles. The molecule has 0 fully saturated rings. The van der Waals surface area contributed by atoms with E-state index in [0.29, 0.717) is 6.54 Å². The predicted molar refractivity (Wildman–Crippen MR) is 90.6 cm³/mol. The van der Waals surface area contributed by atoms with Gasteiger partial charge in [0.05, 0.1) is 5.54 Å². The van der Waals surface area contributed by atoms with Crippen LogP contribution in [0.4, 0.5) is 0 Å². The Hall–Kier alpha value is -2.13. The number of carbonyl (C=O) groups excluding carboxylic acids is 1. The topological polar surface area (TPSA) is 55.1 Å². The van der Waals surface area contributed by atoms with Crippen molar-refractivity contribution in [1.82, 2.24) is 5.32 Å². The van der Waals surface area contributed by atoms with Crippen LogP contribution in [0.25, 0.3) is 0 Å². The van der Waals surface area contributed by atoms with E-state index in [0.717, 1.165) is 6.42 Å². The standard InChI is InChI=1S/C19H24N2O/c1-19(2,20)18(22)21-14-13-17(15-9-5-3-6-10-15)16-11-7-4-8-12-16/h3-12,17H,13-14,20H2,1-2H3,(H,21,22). The van der Waals surface area contributed by atoms with Crippen LogP contribution in [0.3, 0.4) is 0 Å². The largest absolute Gasteiger partial charge is 0.354 e. The molecule has 22 heavy (non-hydrogen) atoms. The average Bonchev–Trinajstić information content (AvgIpc) is 2.52. The third-order valence-corrected chi connectivity index (χ3v) is 3.71. The molecule has 0 aliphatic heterocycles. The van der Waals surface area contributed by atoms with E-state index < -0.39 is 5.54 Å². The lowest BCUT2D eigenvalue weighted by atomic mass is 9.88. The van der Waals surface area contributed by atoms with Crippen LogP contribution in [-0.4, -0.2) is 18.0 Å². The molecule has 0 aromatic heterocycles. The van der Waals surface area contributed by atoms with Gasteiger partial charge in [-0.1, -0.05) is 60.7 Å². The van der Waals surface area contributed by atoms with Gasteiger partial charge in [-0.05, 0) is 31.4 Å². The van der Waals surface area contributed by atoms with Crippen LogP contribution in [0.1, 0.15) is 37.3 Å². The third kappa shape index (κ3) is 4.43. The minimum atomic E-state index is -0.838. The van der Waals surface area contributed by atoms with Crippen molar-refractivity contribution in [2.45, 2.75) is 31.7 Å². The maximum atomic E-state index is 11.9. The second-order valence-corrected chi connectivity index (χ2v) is 6.14. The molecule has 1 amide bonds. The van der Waals surface area contributed by atoms with Gasteiger partial charge < -0.3 is 11.1 Å². The van der Waals surface area contributed by atoms with Gasteiger partial charge in [-0.15, -0.1) is 0 Å². The van der Waals surface area contributed by atoms with Crippen LogP contribution in [0.2, 0.25) is 0 Å². The molecule has 2 aromatic carbocycles. The first-order chi connectivity index (χ1) is 10.5. The van der Waals surface area contributed by atoms with Gasteiger partial charge in [-0.2, -0.15) is 0 Å². The van der Waals surface area contributed by atoms with Gasteiger partial charge in [-0.25, -0.2) is 0 Å². The van der Waals surface area contributed by atoms with Gasteiger partial charge in [-0.3, -0.25) is 4.79 Å². The number of rotatable bonds is 6. The Bertz CT molecular complexity index is 548. The fraction of sp³-hybridized carbons (Fsp3) is 0.316. The van der Waals surface area contributed by atoms with Crippen molar-refractivity contribution in [1.29, 1.82) is 0 Å². The van der Waals surface area contributed by atoms with E-state index in [9.17, 15) is 4.79 Å². The second kappa shape index (κ2) is 7.23. The van der Waals surface area contributed by atoms with Crippen molar-refractivity contribution in [3.63, 3.8) is 0 Å². The molecule has 0 atom stereocenters. The molecular weight excluding hydrogens is 272 g/mol. The Morgan fingerprint density at radius 1 is 1.00 bits per heavy atom. The fourth-order valence-corrected chi connectivity index (χ4v) is 2.45. The minimum Gasteiger partial charge on any atom is -0.354 e. The molecule has 0 heterocycles. The summed E-state index contributed by atoms with van der Waals surface area (Å²) in [5, 5.41) is 2.93. The van der Waals surface area contributed by atoms with Crippen molar-refractivity contribution in [3.05, 3.63) is 71.8 Å². The highest BCUT2D eigenvalue weighted by molar-refractivity contribution is 5.84. The van der Waals surface area contributed by atoms with Gasteiger partial charge in [0, 0.05) is 12.5 Å². The summed E-state index contributed by atoms with van der Waals surface area (Å²) in [6, 6.07) is 20.8. The molecule has 0 saturated heterocycles. The summed E-state index contributed by atoms with van der Waals surface area (Å²) in [5.41, 5.74) is 7.49. The Morgan fingerprint density at radius 3 is 1.86 bits per heavy atom. The highest BCUT2D eigenvalue weighted by Gasteiger charge is 2.22. The Morgan fingerprint density at radius 2 is 1.45 bits per heavy atom. The van der Waals surface area contributed by atoms with Crippen molar-refractivity contribution in [2.75, 3.05) is 6.54 Å². The number of hydrogen-bond donors (Lipinski definition) is 2. The molecule has 0 bridgehead atoms. The van der Waals surface area contributed by atoms with Gasteiger partial charge in [0.25, 0.3) is 0 Å². The van der Waals surface area contributed by atoms with E-state index in [-0.39, 0.29) is 11.8 Å². The van der Waals surface area contributed by atoms with E-state index >= 15 is 0 Å². The zero-order valence-corrected chi connectivity index (χ0v) is 13.3. The van der Waals surface area contributed by atoms with Crippen LogP contribution >= 0.6 is 0 Å². The smallest absolute Gasteiger partial charge is 0.239 e. The van der Waals surface area contributed by atoms with E-state index in [2.05, 4.69) is 29.6 Å².